The van der Waals surface area contributed by atoms with Crippen molar-refractivity contribution in [3.8, 4) is 22.4 Å². The highest BCUT2D eigenvalue weighted by atomic mass is 32.1. The van der Waals surface area contributed by atoms with Crippen molar-refractivity contribution in [3.63, 3.8) is 0 Å². The molecule has 0 bridgehead atoms. The predicted octanol–water partition coefficient (Wildman–Crippen LogP) is 5.04. The van der Waals surface area contributed by atoms with Crippen LogP contribution in [0.2, 0.25) is 0 Å². The molecule has 8 nitrogen and oxygen atoms in total. The average molecular weight is 535 g/mol. The number of piperazine rings is 1. The molecule has 0 spiro atoms. The van der Waals surface area contributed by atoms with Crippen LogP contribution in [0, 0.1) is 5.82 Å². The van der Waals surface area contributed by atoms with E-state index < -0.39 is 0 Å². The molecular formula is C28H27FN4O4S. The second-order valence-corrected chi connectivity index (χ2v) is 9.44. The molecule has 196 valence electrons. The van der Waals surface area contributed by atoms with Crippen molar-refractivity contribution in [2.75, 3.05) is 45.3 Å². The maximum absolute atomic E-state index is 13.3. The van der Waals surface area contributed by atoms with E-state index in [0.29, 0.717) is 47.6 Å². The number of rotatable bonds is 8. The van der Waals surface area contributed by atoms with Gasteiger partial charge in [-0.3, -0.25) is 4.79 Å². The van der Waals surface area contributed by atoms with Crippen LogP contribution in [-0.2, 0) is 6.42 Å². The Labute approximate surface area is 224 Å². The Morgan fingerprint density at radius 1 is 0.921 bits per heavy atom. The highest BCUT2D eigenvalue weighted by Gasteiger charge is 2.24. The Kier molecular flexibility index (Phi) is 7.69. The molecule has 2 heterocycles. The van der Waals surface area contributed by atoms with E-state index in [-0.39, 0.29) is 11.7 Å². The van der Waals surface area contributed by atoms with Crippen molar-refractivity contribution in [3.05, 3.63) is 89.5 Å². The summed E-state index contributed by atoms with van der Waals surface area (Å²) in [6.45, 7) is 2.69. The fourth-order valence-corrected chi connectivity index (χ4v) is 4.83. The second kappa shape index (κ2) is 11.5. The smallest absolute Gasteiger partial charge is 0.298 e. The summed E-state index contributed by atoms with van der Waals surface area (Å²) in [5.74, 6) is 1.90. The minimum atomic E-state index is -0.287. The van der Waals surface area contributed by atoms with Crippen molar-refractivity contribution in [1.82, 2.24) is 14.3 Å². The molecule has 0 saturated carbocycles. The lowest BCUT2D eigenvalue weighted by Crippen LogP contribution is -2.48. The number of hydrogen-bond donors (Lipinski definition) is 0. The first-order valence-corrected chi connectivity index (χ1v) is 12.9. The zero-order valence-electron chi connectivity index (χ0n) is 21.1. The number of methoxy groups -OCH3 is 2. The molecule has 38 heavy (non-hydrogen) atoms. The number of amides is 1. The van der Waals surface area contributed by atoms with E-state index in [1.807, 2.05) is 29.2 Å². The molecule has 4 aromatic rings. The molecule has 5 rings (SSSR count). The van der Waals surface area contributed by atoms with Crippen LogP contribution in [0.25, 0.3) is 0 Å². The summed E-state index contributed by atoms with van der Waals surface area (Å²) < 4.78 is 34.2. The van der Waals surface area contributed by atoms with Crippen LogP contribution in [0.5, 0.6) is 22.4 Å². The van der Waals surface area contributed by atoms with E-state index in [1.54, 1.807) is 44.6 Å². The molecule has 1 saturated heterocycles. The van der Waals surface area contributed by atoms with Gasteiger partial charge in [0.2, 0.25) is 0 Å². The van der Waals surface area contributed by atoms with Gasteiger partial charge in [-0.2, -0.15) is 9.36 Å². The number of ether oxygens (including phenoxy) is 3. The molecule has 1 amide bonds. The van der Waals surface area contributed by atoms with Gasteiger partial charge in [0.25, 0.3) is 11.1 Å². The molecule has 1 aliphatic rings. The number of halogens is 1. The number of anilines is 1. The highest BCUT2D eigenvalue weighted by Crippen LogP contribution is 2.34. The van der Waals surface area contributed by atoms with E-state index in [0.717, 1.165) is 41.6 Å². The Morgan fingerprint density at radius 3 is 2.34 bits per heavy atom. The maximum atomic E-state index is 13.3. The van der Waals surface area contributed by atoms with Crippen LogP contribution in [0.1, 0.15) is 21.7 Å². The van der Waals surface area contributed by atoms with Crippen molar-refractivity contribution in [2.24, 2.45) is 0 Å². The fraction of sp³-hybridized carbons (Fsp3) is 0.250. The first-order valence-electron chi connectivity index (χ1n) is 12.1. The summed E-state index contributed by atoms with van der Waals surface area (Å²) in [5, 5.41) is 0.332. The quantitative estimate of drug-likeness (QED) is 0.313. The lowest BCUT2D eigenvalue weighted by molar-refractivity contribution is 0.0746. The van der Waals surface area contributed by atoms with E-state index in [2.05, 4.69) is 14.3 Å². The van der Waals surface area contributed by atoms with Gasteiger partial charge in [-0.1, -0.05) is 12.1 Å². The van der Waals surface area contributed by atoms with E-state index in [1.165, 1.54) is 12.1 Å². The van der Waals surface area contributed by atoms with Gasteiger partial charge >= 0.3 is 0 Å². The molecule has 1 fully saturated rings. The maximum Gasteiger partial charge on any atom is 0.298 e. The third kappa shape index (κ3) is 5.86. The van der Waals surface area contributed by atoms with Gasteiger partial charge in [0, 0.05) is 55.4 Å². The third-order valence-electron chi connectivity index (χ3n) is 6.34. The van der Waals surface area contributed by atoms with Crippen LogP contribution in [0.4, 0.5) is 10.1 Å². The SMILES string of the molecule is COc1ccc(N2CCN(C(=O)c3ccc(OC)c(Oc4nc(Cc5ccc(F)cc5)ns4)c3)CC2)cc1. The summed E-state index contributed by atoms with van der Waals surface area (Å²) >= 11 is 1.11. The average Bonchev–Trinajstić information content (AvgIpc) is 3.40. The summed E-state index contributed by atoms with van der Waals surface area (Å²) in [4.78, 5) is 21.8. The molecule has 1 aromatic heterocycles. The van der Waals surface area contributed by atoms with Crippen molar-refractivity contribution in [1.29, 1.82) is 0 Å². The van der Waals surface area contributed by atoms with Crippen LogP contribution < -0.4 is 19.1 Å². The molecule has 0 aliphatic carbocycles. The van der Waals surface area contributed by atoms with Crippen LogP contribution in [0.15, 0.2) is 66.7 Å². The topological polar surface area (TPSA) is 77.0 Å². The van der Waals surface area contributed by atoms with Crippen LogP contribution >= 0.6 is 11.5 Å². The van der Waals surface area contributed by atoms with Gasteiger partial charge in [-0.25, -0.2) is 4.39 Å². The molecule has 0 unspecified atom stereocenters. The number of carbonyl (C=O) groups is 1. The molecule has 10 heteroatoms. The number of hydrogen-bond acceptors (Lipinski definition) is 8. The second-order valence-electron chi connectivity index (χ2n) is 8.72. The predicted molar refractivity (Wildman–Crippen MR) is 143 cm³/mol. The van der Waals surface area contributed by atoms with Gasteiger partial charge in [-0.05, 0) is 60.2 Å². The number of benzene rings is 3. The van der Waals surface area contributed by atoms with Gasteiger partial charge in [0.15, 0.2) is 17.3 Å². The van der Waals surface area contributed by atoms with E-state index >= 15 is 0 Å². The van der Waals surface area contributed by atoms with Gasteiger partial charge in [0.1, 0.15) is 11.6 Å². The number of carbonyl (C=O) groups excluding carboxylic acids is 1. The highest BCUT2D eigenvalue weighted by molar-refractivity contribution is 7.07. The number of aromatic nitrogens is 2. The molecule has 0 N–H and O–H groups in total. The first kappa shape index (κ1) is 25.5. The lowest BCUT2D eigenvalue weighted by Gasteiger charge is -2.36. The molecular weight excluding hydrogens is 507 g/mol. The monoisotopic (exact) mass is 534 g/mol. The Balaban J connectivity index is 1.24. The van der Waals surface area contributed by atoms with Gasteiger partial charge < -0.3 is 24.0 Å². The van der Waals surface area contributed by atoms with Crippen LogP contribution in [0.3, 0.4) is 0 Å². The first-order chi connectivity index (χ1) is 18.5. The Hall–Kier alpha value is -4.18. The van der Waals surface area contributed by atoms with Crippen molar-refractivity contribution < 1.29 is 23.4 Å². The Morgan fingerprint density at radius 2 is 1.66 bits per heavy atom. The van der Waals surface area contributed by atoms with Gasteiger partial charge in [0.05, 0.1) is 14.2 Å². The Bertz CT molecular complexity index is 1390. The van der Waals surface area contributed by atoms with Crippen molar-refractivity contribution >= 4 is 23.1 Å². The standard InChI is InChI=1S/C28H27FN4O4S/c1-35-23-10-8-22(9-11-23)32-13-15-33(16-14-32)27(34)20-5-12-24(36-2)25(18-20)37-28-30-26(31-38-28)17-19-3-6-21(29)7-4-19/h3-12,18H,13-17H2,1-2H3. The largest absolute Gasteiger partial charge is 0.497 e. The zero-order chi connectivity index (χ0) is 26.5. The minimum absolute atomic E-state index is 0.0684. The lowest BCUT2D eigenvalue weighted by atomic mass is 10.1. The van der Waals surface area contributed by atoms with Crippen molar-refractivity contribution in [2.45, 2.75) is 6.42 Å². The summed E-state index contributed by atoms with van der Waals surface area (Å²) in [6.07, 6.45) is 0.457. The molecule has 0 radical (unpaired) electrons. The fourth-order valence-electron chi connectivity index (χ4n) is 4.26. The summed E-state index contributed by atoms with van der Waals surface area (Å²) in [6, 6.07) is 19.3. The number of nitrogens with zero attached hydrogens (tertiary/aromatic N) is 4. The van der Waals surface area contributed by atoms with Crippen LogP contribution in [-0.4, -0.2) is 60.6 Å². The minimum Gasteiger partial charge on any atom is -0.497 e. The normalized spacial score (nSPS) is 13.3. The van der Waals surface area contributed by atoms with Gasteiger partial charge in [-0.15, -0.1) is 0 Å². The summed E-state index contributed by atoms with van der Waals surface area (Å²) in [7, 11) is 3.19. The molecule has 3 aromatic carbocycles. The van der Waals surface area contributed by atoms with E-state index in [4.69, 9.17) is 14.2 Å². The molecule has 1 aliphatic heterocycles. The van der Waals surface area contributed by atoms with E-state index in [9.17, 15) is 9.18 Å². The zero-order valence-corrected chi connectivity index (χ0v) is 21.9. The third-order valence-corrected chi connectivity index (χ3v) is 6.97. The molecule has 0 atom stereocenters. The summed E-state index contributed by atoms with van der Waals surface area (Å²) in [5.41, 5.74) is 2.51.